The number of carbonyl (C=O) groups is 1. The van der Waals surface area contributed by atoms with Crippen molar-refractivity contribution in [1.82, 2.24) is 9.97 Å². The Bertz CT molecular complexity index is 969. The van der Waals surface area contributed by atoms with Gasteiger partial charge in [0.25, 0.3) is 5.91 Å². The van der Waals surface area contributed by atoms with Gasteiger partial charge in [0.2, 0.25) is 0 Å². The number of hydrogen-bond acceptors (Lipinski definition) is 5. The maximum atomic E-state index is 11.8. The Morgan fingerprint density at radius 1 is 1.12 bits per heavy atom. The molecule has 2 heterocycles. The van der Waals surface area contributed by atoms with Crippen LogP contribution >= 0.6 is 0 Å². The fourth-order valence-electron chi connectivity index (χ4n) is 2.85. The second-order valence-electron chi connectivity index (χ2n) is 5.80. The summed E-state index contributed by atoms with van der Waals surface area (Å²) in [5, 5.41) is 10.1. The average Bonchev–Trinajstić information content (AvgIpc) is 2.60. The monoisotopic (exact) mass is 334 g/mol. The molecule has 3 aromatic rings. The number of amides is 1. The topological polar surface area (TPSA) is 115 Å². The van der Waals surface area contributed by atoms with Crippen molar-refractivity contribution < 1.29 is 9.90 Å². The highest BCUT2D eigenvalue weighted by molar-refractivity contribution is 6.01. The number of aryl methyl sites for hydroxylation is 1. The first-order valence-electron chi connectivity index (χ1n) is 7.71. The molecule has 0 spiro atoms. The third-order valence-electron chi connectivity index (χ3n) is 4.13. The Kier molecular flexibility index (Phi) is 4.10. The van der Waals surface area contributed by atoms with Crippen LogP contribution in [0.5, 0.6) is 5.75 Å². The van der Waals surface area contributed by atoms with Gasteiger partial charge in [-0.25, -0.2) is 4.98 Å². The number of aromatic hydroxyl groups is 1. The van der Waals surface area contributed by atoms with Crippen LogP contribution in [-0.2, 0) is 0 Å². The van der Waals surface area contributed by atoms with Gasteiger partial charge in [0.15, 0.2) is 5.69 Å². The predicted octanol–water partition coefficient (Wildman–Crippen LogP) is 2.81. The highest BCUT2D eigenvalue weighted by atomic mass is 16.3. The number of benzene rings is 1. The molecule has 3 rings (SSSR count). The van der Waals surface area contributed by atoms with Gasteiger partial charge < -0.3 is 16.6 Å². The van der Waals surface area contributed by atoms with Crippen LogP contribution in [-0.4, -0.2) is 21.0 Å². The third-order valence-corrected chi connectivity index (χ3v) is 4.13. The highest BCUT2D eigenvalue weighted by Crippen LogP contribution is 2.38. The molecule has 0 aliphatic carbocycles. The second-order valence-corrected chi connectivity index (χ2v) is 5.80. The normalized spacial score (nSPS) is 10.6. The van der Waals surface area contributed by atoms with Crippen LogP contribution in [0.4, 0.5) is 5.69 Å². The lowest BCUT2D eigenvalue weighted by Crippen LogP contribution is -2.17. The van der Waals surface area contributed by atoms with E-state index in [-0.39, 0.29) is 17.1 Å². The number of nitrogens with two attached hydrogens (primary N) is 2. The minimum atomic E-state index is -0.716. The van der Waals surface area contributed by atoms with Crippen LogP contribution in [0.15, 0.2) is 42.6 Å². The predicted molar refractivity (Wildman–Crippen MR) is 97.0 cm³/mol. The zero-order chi connectivity index (χ0) is 18.1. The molecule has 126 valence electrons. The quantitative estimate of drug-likeness (QED) is 0.681. The number of phenols is 1. The number of primary amides is 1. The van der Waals surface area contributed by atoms with Crippen molar-refractivity contribution >= 4 is 11.6 Å². The molecule has 0 bridgehead atoms. The van der Waals surface area contributed by atoms with Gasteiger partial charge >= 0.3 is 0 Å². The van der Waals surface area contributed by atoms with E-state index in [4.69, 9.17) is 11.5 Å². The molecular formula is C19H18N4O2. The molecule has 0 saturated carbocycles. The van der Waals surface area contributed by atoms with Gasteiger partial charge in [0.05, 0.1) is 17.1 Å². The summed E-state index contributed by atoms with van der Waals surface area (Å²) < 4.78 is 0. The zero-order valence-electron chi connectivity index (χ0n) is 13.9. The summed E-state index contributed by atoms with van der Waals surface area (Å²) in [7, 11) is 0. The molecule has 1 amide bonds. The summed E-state index contributed by atoms with van der Waals surface area (Å²) in [5.74, 6) is -0.566. The Morgan fingerprint density at radius 3 is 2.52 bits per heavy atom. The smallest absolute Gasteiger partial charge is 0.269 e. The van der Waals surface area contributed by atoms with Crippen molar-refractivity contribution in [3.8, 4) is 28.3 Å². The fraction of sp³-hybridized carbons (Fsp3) is 0.105. The van der Waals surface area contributed by atoms with E-state index in [2.05, 4.69) is 9.97 Å². The highest BCUT2D eigenvalue weighted by Gasteiger charge is 2.20. The Hall–Kier alpha value is -3.41. The van der Waals surface area contributed by atoms with Crippen molar-refractivity contribution in [2.75, 3.05) is 5.73 Å². The van der Waals surface area contributed by atoms with Crippen LogP contribution < -0.4 is 11.5 Å². The molecule has 25 heavy (non-hydrogen) atoms. The van der Waals surface area contributed by atoms with E-state index in [0.717, 1.165) is 11.1 Å². The first-order chi connectivity index (χ1) is 11.9. The van der Waals surface area contributed by atoms with Gasteiger partial charge in [0, 0.05) is 11.8 Å². The molecule has 0 unspecified atom stereocenters. The molecule has 0 atom stereocenters. The summed E-state index contributed by atoms with van der Waals surface area (Å²) in [6, 6.07) is 10.6. The van der Waals surface area contributed by atoms with Crippen LogP contribution in [0.3, 0.4) is 0 Å². The standard InChI is InChI=1S/C19H18N4O2/c1-10-6-7-15(24)11(2)16(10)12-9-14(13-5-3-4-8-22-13)23-18(17(12)20)19(21)25/h3-9,24H,20H2,1-2H3,(H2,21,25). The maximum Gasteiger partial charge on any atom is 0.269 e. The lowest BCUT2D eigenvalue weighted by atomic mass is 9.93. The first-order valence-corrected chi connectivity index (χ1v) is 7.71. The van der Waals surface area contributed by atoms with Crippen molar-refractivity contribution in [2.45, 2.75) is 13.8 Å². The minimum Gasteiger partial charge on any atom is -0.508 e. The van der Waals surface area contributed by atoms with Crippen LogP contribution in [0, 0.1) is 13.8 Å². The van der Waals surface area contributed by atoms with Gasteiger partial charge in [-0.05, 0) is 54.8 Å². The van der Waals surface area contributed by atoms with Crippen LogP contribution in [0.2, 0.25) is 0 Å². The Balaban J connectivity index is 2.36. The van der Waals surface area contributed by atoms with Gasteiger partial charge in [0.1, 0.15) is 5.75 Å². The summed E-state index contributed by atoms with van der Waals surface area (Å²) >= 11 is 0. The van der Waals surface area contributed by atoms with Crippen LogP contribution in [0.1, 0.15) is 21.6 Å². The number of nitrogens with zero attached hydrogens (tertiary/aromatic N) is 2. The van der Waals surface area contributed by atoms with Crippen molar-refractivity contribution in [2.24, 2.45) is 5.73 Å². The molecule has 5 N–H and O–H groups in total. The Labute approximate surface area is 145 Å². The molecule has 0 fully saturated rings. The van der Waals surface area contributed by atoms with Gasteiger partial charge in [-0.1, -0.05) is 12.1 Å². The molecular weight excluding hydrogens is 316 g/mol. The summed E-state index contributed by atoms with van der Waals surface area (Å²) in [6.45, 7) is 3.70. The number of anilines is 1. The van der Waals surface area contributed by atoms with E-state index >= 15 is 0 Å². The van der Waals surface area contributed by atoms with E-state index < -0.39 is 5.91 Å². The van der Waals surface area contributed by atoms with E-state index in [1.165, 1.54) is 0 Å². The van der Waals surface area contributed by atoms with Crippen LogP contribution in [0.25, 0.3) is 22.5 Å². The lowest BCUT2D eigenvalue weighted by Gasteiger charge is -2.16. The first kappa shape index (κ1) is 16.4. The summed E-state index contributed by atoms with van der Waals surface area (Å²) in [4.78, 5) is 20.4. The molecule has 6 nitrogen and oxygen atoms in total. The van der Waals surface area contributed by atoms with E-state index in [1.54, 1.807) is 43.5 Å². The number of nitrogen functional groups attached to an aromatic ring is 1. The molecule has 1 aromatic carbocycles. The van der Waals surface area contributed by atoms with Crippen molar-refractivity contribution in [3.05, 3.63) is 59.4 Å². The molecule has 0 radical (unpaired) electrons. The molecule has 0 aliphatic heterocycles. The number of pyridine rings is 2. The van der Waals surface area contributed by atoms with Gasteiger partial charge in [-0.3, -0.25) is 9.78 Å². The lowest BCUT2D eigenvalue weighted by molar-refractivity contribution is 0.0996. The third kappa shape index (κ3) is 2.89. The molecule has 0 saturated heterocycles. The Morgan fingerprint density at radius 2 is 1.88 bits per heavy atom. The molecule has 0 aliphatic rings. The van der Waals surface area contributed by atoms with E-state index in [1.807, 2.05) is 13.0 Å². The zero-order valence-corrected chi connectivity index (χ0v) is 13.9. The van der Waals surface area contributed by atoms with Crippen molar-refractivity contribution in [3.63, 3.8) is 0 Å². The fourth-order valence-corrected chi connectivity index (χ4v) is 2.85. The van der Waals surface area contributed by atoms with Crippen molar-refractivity contribution in [1.29, 1.82) is 0 Å². The summed E-state index contributed by atoms with van der Waals surface area (Å²) in [6.07, 6.45) is 1.64. The van der Waals surface area contributed by atoms with E-state index in [9.17, 15) is 9.90 Å². The largest absolute Gasteiger partial charge is 0.508 e. The average molecular weight is 334 g/mol. The summed E-state index contributed by atoms with van der Waals surface area (Å²) in [5.41, 5.74) is 15.8. The SMILES string of the molecule is Cc1ccc(O)c(C)c1-c1cc(-c2ccccn2)nc(C(N)=O)c1N. The molecule has 2 aromatic heterocycles. The van der Waals surface area contributed by atoms with E-state index in [0.29, 0.717) is 22.5 Å². The number of aromatic nitrogens is 2. The number of rotatable bonds is 3. The maximum absolute atomic E-state index is 11.8. The minimum absolute atomic E-state index is 0.0136. The second kappa shape index (κ2) is 6.24. The van der Waals surface area contributed by atoms with Gasteiger partial charge in [-0.15, -0.1) is 0 Å². The number of hydrogen-bond donors (Lipinski definition) is 3. The number of carbonyl (C=O) groups excluding carboxylic acids is 1. The van der Waals surface area contributed by atoms with Gasteiger partial charge in [-0.2, -0.15) is 0 Å². The molecule has 6 heteroatoms. The number of phenolic OH excluding ortho intramolecular Hbond substituents is 1.